The lowest BCUT2D eigenvalue weighted by Crippen LogP contribution is -2.14. The largest absolute Gasteiger partial charge is 0.399 e. The summed E-state index contributed by atoms with van der Waals surface area (Å²) in [6.07, 6.45) is 0. The summed E-state index contributed by atoms with van der Waals surface area (Å²) >= 11 is 0. The van der Waals surface area contributed by atoms with Crippen molar-refractivity contribution in [3.63, 3.8) is 0 Å². The van der Waals surface area contributed by atoms with E-state index in [1.165, 1.54) is 0 Å². The SMILES string of the molecule is Nc1cccc(C(N)c2cc(N)ccc2N)c1. The summed E-state index contributed by atoms with van der Waals surface area (Å²) in [6.45, 7) is 0. The normalized spacial score (nSPS) is 12.3. The molecule has 1 atom stereocenters. The van der Waals surface area contributed by atoms with Crippen LogP contribution in [0.5, 0.6) is 0 Å². The summed E-state index contributed by atoms with van der Waals surface area (Å²) in [5.41, 5.74) is 27.2. The Kier molecular flexibility index (Phi) is 2.89. The van der Waals surface area contributed by atoms with Gasteiger partial charge in [0.1, 0.15) is 0 Å². The van der Waals surface area contributed by atoms with Crippen molar-refractivity contribution in [2.24, 2.45) is 5.73 Å². The van der Waals surface area contributed by atoms with Crippen LogP contribution in [0.1, 0.15) is 17.2 Å². The van der Waals surface area contributed by atoms with E-state index in [2.05, 4.69) is 0 Å². The zero-order chi connectivity index (χ0) is 12.4. The average molecular weight is 228 g/mol. The van der Waals surface area contributed by atoms with Crippen LogP contribution in [-0.2, 0) is 0 Å². The van der Waals surface area contributed by atoms with Gasteiger partial charge in [0.25, 0.3) is 0 Å². The molecule has 0 heterocycles. The van der Waals surface area contributed by atoms with Crippen LogP contribution in [0.25, 0.3) is 0 Å². The van der Waals surface area contributed by atoms with Gasteiger partial charge in [-0.1, -0.05) is 12.1 Å². The minimum atomic E-state index is -0.318. The van der Waals surface area contributed by atoms with E-state index in [0.29, 0.717) is 17.1 Å². The highest BCUT2D eigenvalue weighted by molar-refractivity contribution is 5.58. The number of anilines is 3. The van der Waals surface area contributed by atoms with E-state index in [9.17, 15) is 0 Å². The first-order valence-electron chi connectivity index (χ1n) is 5.34. The first kappa shape index (κ1) is 11.3. The number of nitrogen functional groups attached to an aromatic ring is 3. The van der Waals surface area contributed by atoms with Crippen LogP contribution < -0.4 is 22.9 Å². The fourth-order valence-electron chi connectivity index (χ4n) is 1.79. The molecular formula is C13H16N4. The molecule has 0 amide bonds. The molecule has 88 valence electrons. The van der Waals surface area contributed by atoms with Gasteiger partial charge < -0.3 is 22.9 Å². The van der Waals surface area contributed by atoms with E-state index >= 15 is 0 Å². The molecule has 2 aromatic carbocycles. The van der Waals surface area contributed by atoms with Crippen molar-refractivity contribution in [2.75, 3.05) is 17.2 Å². The lowest BCUT2D eigenvalue weighted by Gasteiger charge is -2.16. The van der Waals surface area contributed by atoms with Gasteiger partial charge in [-0.05, 0) is 41.5 Å². The zero-order valence-electron chi connectivity index (χ0n) is 9.43. The molecule has 4 heteroatoms. The van der Waals surface area contributed by atoms with E-state index in [1.54, 1.807) is 18.2 Å². The van der Waals surface area contributed by atoms with Gasteiger partial charge in [0.05, 0.1) is 6.04 Å². The molecule has 0 bridgehead atoms. The van der Waals surface area contributed by atoms with Crippen molar-refractivity contribution in [1.29, 1.82) is 0 Å². The molecule has 0 aliphatic carbocycles. The Morgan fingerprint density at radius 3 is 2.24 bits per heavy atom. The van der Waals surface area contributed by atoms with Crippen LogP contribution in [0.2, 0.25) is 0 Å². The Bertz CT molecular complexity index is 537. The number of benzene rings is 2. The lowest BCUT2D eigenvalue weighted by molar-refractivity contribution is 0.876. The molecule has 8 N–H and O–H groups in total. The van der Waals surface area contributed by atoms with Gasteiger partial charge in [-0.3, -0.25) is 0 Å². The fraction of sp³-hybridized carbons (Fsp3) is 0.0769. The number of rotatable bonds is 2. The number of hydrogen-bond donors (Lipinski definition) is 4. The molecule has 2 aromatic rings. The van der Waals surface area contributed by atoms with Gasteiger partial charge in [-0.15, -0.1) is 0 Å². The van der Waals surface area contributed by atoms with Gasteiger partial charge >= 0.3 is 0 Å². The maximum atomic E-state index is 6.16. The summed E-state index contributed by atoms with van der Waals surface area (Å²) in [6, 6.07) is 12.4. The van der Waals surface area contributed by atoms with Gasteiger partial charge in [0.2, 0.25) is 0 Å². The smallest absolute Gasteiger partial charge is 0.0573 e. The zero-order valence-corrected chi connectivity index (χ0v) is 9.43. The van der Waals surface area contributed by atoms with Crippen LogP contribution in [-0.4, -0.2) is 0 Å². The molecule has 2 rings (SSSR count). The third kappa shape index (κ3) is 2.32. The first-order chi connectivity index (χ1) is 8.08. The Morgan fingerprint density at radius 2 is 1.53 bits per heavy atom. The Labute approximate surface area is 100 Å². The Balaban J connectivity index is 2.43. The van der Waals surface area contributed by atoms with Gasteiger partial charge in [0.15, 0.2) is 0 Å². The van der Waals surface area contributed by atoms with Crippen molar-refractivity contribution >= 4 is 17.1 Å². The van der Waals surface area contributed by atoms with Crippen LogP contribution in [0.15, 0.2) is 42.5 Å². The molecule has 0 aliphatic heterocycles. The van der Waals surface area contributed by atoms with Crippen molar-refractivity contribution < 1.29 is 0 Å². The fourth-order valence-corrected chi connectivity index (χ4v) is 1.79. The molecule has 0 radical (unpaired) electrons. The molecule has 0 aliphatic rings. The minimum absolute atomic E-state index is 0.318. The molecule has 0 saturated heterocycles. The van der Waals surface area contributed by atoms with Crippen LogP contribution in [0.3, 0.4) is 0 Å². The topological polar surface area (TPSA) is 104 Å². The highest BCUT2D eigenvalue weighted by Gasteiger charge is 2.12. The quantitative estimate of drug-likeness (QED) is 0.584. The van der Waals surface area contributed by atoms with Gasteiger partial charge in [0, 0.05) is 17.1 Å². The second kappa shape index (κ2) is 4.35. The molecule has 4 nitrogen and oxygen atoms in total. The summed E-state index contributed by atoms with van der Waals surface area (Å²) in [5, 5.41) is 0. The minimum Gasteiger partial charge on any atom is -0.399 e. The van der Waals surface area contributed by atoms with Crippen molar-refractivity contribution in [2.45, 2.75) is 6.04 Å². The molecule has 0 saturated carbocycles. The van der Waals surface area contributed by atoms with E-state index in [4.69, 9.17) is 22.9 Å². The molecule has 1 unspecified atom stereocenters. The maximum absolute atomic E-state index is 6.16. The molecular weight excluding hydrogens is 212 g/mol. The summed E-state index contributed by atoms with van der Waals surface area (Å²) in [7, 11) is 0. The second-order valence-corrected chi connectivity index (χ2v) is 4.04. The second-order valence-electron chi connectivity index (χ2n) is 4.04. The summed E-state index contributed by atoms with van der Waals surface area (Å²) < 4.78 is 0. The standard InChI is InChI=1S/C13H16N4/c14-9-3-1-2-8(6-9)13(17)11-7-10(15)4-5-12(11)16/h1-7,13H,14-17H2. The number of nitrogens with two attached hydrogens (primary N) is 4. The summed E-state index contributed by atoms with van der Waals surface area (Å²) in [5.74, 6) is 0. The predicted molar refractivity (Wildman–Crippen MR) is 72.2 cm³/mol. The maximum Gasteiger partial charge on any atom is 0.0573 e. The Morgan fingerprint density at radius 1 is 0.824 bits per heavy atom. The van der Waals surface area contributed by atoms with Crippen molar-refractivity contribution in [1.82, 2.24) is 0 Å². The highest BCUT2D eigenvalue weighted by atomic mass is 14.7. The third-order valence-corrected chi connectivity index (χ3v) is 2.72. The third-order valence-electron chi connectivity index (χ3n) is 2.72. The van der Waals surface area contributed by atoms with Gasteiger partial charge in [-0.2, -0.15) is 0 Å². The van der Waals surface area contributed by atoms with Crippen LogP contribution in [0, 0.1) is 0 Å². The lowest BCUT2D eigenvalue weighted by atomic mass is 9.97. The van der Waals surface area contributed by atoms with E-state index in [-0.39, 0.29) is 6.04 Å². The molecule has 0 aromatic heterocycles. The average Bonchev–Trinajstić information content (AvgIpc) is 2.31. The van der Waals surface area contributed by atoms with Crippen LogP contribution >= 0.6 is 0 Å². The van der Waals surface area contributed by atoms with Crippen molar-refractivity contribution in [3.05, 3.63) is 53.6 Å². The predicted octanol–water partition coefficient (Wildman–Crippen LogP) is 1.48. The van der Waals surface area contributed by atoms with E-state index in [1.807, 2.05) is 24.3 Å². The Hall–Kier alpha value is -2.20. The van der Waals surface area contributed by atoms with Crippen LogP contribution in [0.4, 0.5) is 17.1 Å². The van der Waals surface area contributed by atoms with E-state index in [0.717, 1.165) is 11.1 Å². The molecule has 0 spiro atoms. The van der Waals surface area contributed by atoms with E-state index < -0.39 is 0 Å². The monoisotopic (exact) mass is 228 g/mol. The first-order valence-corrected chi connectivity index (χ1v) is 5.34. The highest BCUT2D eigenvalue weighted by Crippen LogP contribution is 2.27. The van der Waals surface area contributed by atoms with Crippen molar-refractivity contribution in [3.8, 4) is 0 Å². The van der Waals surface area contributed by atoms with Gasteiger partial charge in [-0.25, -0.2) is 0 Å². The summed E-state index contributed by atoms with van der Waals surface area (Å²) in [4.78, 5) is 0. The molecule has 17 heavy (non-hydrogen) atoms. The molecule has 0 fully saturated rings. The number of hydrogen-bond acceptors (Lipinski definition) is 4.